The molecule has 0 rings (SSSR count). The van der Waals surface area contributed by atoms with E-state index in [2.05, 4.69) is 12.3 Å². The van der Waals surface area contributed by atoms with Crippen LogP contribution in [0.4, 0.5) is 0 Å². The zero-order valence-corrected chi connectivity index (χ0v) is 10.2. The first-order chi connectivity index (χ1) is 5.52. The number of hydrogen-bond acceptors (Lipinski definition) is 3. The van der Waals surface area contributed by atoms with Crippen LogP contribution in [-0.4, -0.2) is 16.3 Å². The Hall–Kier alpha value is -0.580. The van der Waals surface area contributed by atoms with Crippen molar-refractivity contribution in [3.05, 3.63) is 12.7 Å². The maximum atomic E-state index is 9.47. The lowest BCUT2D eigenvalue weighted by Gasteiger charge is -2.32. The van der Waals surface area contributed by atoms with E-state index in [9.17, 15) is 4.79 Å². The van der Waals surface area contributed by atoms with Crippen molar-refractivity contribution in [2.75, 3.05) is 0 Å². The van der Waals surface area contributed by atoms with Gasteiger partial charge in [-0.2, -0.15) is 0 Å². The molecule has 0 aliphatic rings. The first kappa shape index (κ1) is 19.1. The highest BCUT2D eigenvalue weighted by atomic mass is 35.5. The quantitative estimate of drug-likeness (QED) is 0.489. The highest BCUT2D eigenvalue weighted by Gasteiger charge is 2.30. The lowest BCUT2D eigenvalue weighted by Crippen LogP contribution is -2.48. The van der Waals surface area contributed by atoms with Crippen LogP contribution in [0.25, 0.3) is 0 Å². The molecule has 0 saturated heterocycles. The van der Waals surface area contributed by atoms with Gasteiger partial charge in [0.25, 0.3) is 0 Å². The molecule has 0 radical (unpaired) electrons. The number of alkyl halides is 1. The van der Waals surface area contributed by atoms with E-state index in [0.29, 0.717) is 0 Å². The molecule has 0 atom stereocenters. The van der Waals surface area contributed by atoms with Crippen LogP contribution < -0.4 is 17.6 Å². The molecule has 0 unspecified atom stereocenters. The van der Waals surface area contributed by atoms with E-state index >= 15 is 0 Å². The maximum Gasteiger partial charge on any atom is 0.240 e. The minimum absolute atomic E-state index is 0. The van der Waals surface area contributed by atoms with Gasteiger partial charge in [0, 0.05) is 5.54 Å². The number of amides is 1. The first-order valence-electron chi connectivity index (χ1n) is 3.92. The molecule has 0 aliphatic carbocycles. The van der Waals surface area contributed by atoms with E-state index in [1.807, 2.05) is 27.7 Å². The Kier molecular flexibility index (Phi) is 9.28. The second-order valence-corrected chi connectivity index (χ2v) is 4.75. The number of primary amides is 1. The smallest absolute Gasteiger partial charge is 0.240 e. The van der Waals surface area contributed by atoms with Crippen LogP contribution in [0.5, 0.6) is 0 Å². The molecule has 0 fully saturated rings. The van der Waals surface area contributed by atoms with Gasteiger partial charge >= 0.3 is 0 Å². The normalized spacial score (nSPS) is 10.4. The number of rotatable bonds is 2. The summed E-state index contributed by atoms with van der Waals surface area (Å²) in [6, 6.07) is 0. The van der Waals surface area contributed by atoms with Crippen molar-refractivity contribution in [1.82, 2.24) is 6.15 Å². The van der Waals surface area contributed by atoms with E-state index < -0.39 is 5.91 Å². The van der Waals surface area contributed by atoms with Gasteiger partial charge in [0.15, 0.2) is 0 Å². The van der Waals surface area contributed by atoms with Crippen molar-refractivity contribution in [1.29, 1.82) is 0 Å². The SMILES string of the molecule is C=CC(N)=O.CC(C)(N)C(C)(C)Cl.N. The molecule has 1 amide bonds. The van der Waals surface area contributed by atoms with Crippen LogP contribution in [0, 0.1) is 0 Å². The summed E-state index contributed by atoms with van der Waals surface area (Å²) >= 11 is 5.88. The van der Waals surface area contributed by atoms with Gasteiger partial charge in [-0.3, -0.25) is 4.79 Å². The summed E-state index contributed by atoms with van der Waals surface area (Å²) in [5, 5.41) is 0. The van der Waals surface area contributed by atoms with Gasteiger partial charge in [0.05, 0.1) is 4.87 Å². The van der Waals surface area contributed by atoms with Crippen molar-refractivity contribution in [2.24, 2.45) is 11.5 Å². The summed E-state index contributed by atoms with van der Waals surface area (Å²) in [7, 11) is 0. The molecular weight excluding hydrogens is 202 g/mol. The van der Waals surface area contributed by atoms with E-state index in [0.717, 1.165) is 6.08 Å². The molecule has 0 aliphatic heterocycles. The van der Waals surface area contributed by atoms with E-state index in [4.69, 9.17) is 17.3 Å². The van der Waals surface area contributed by atoms with Gasteiger partial charge in [-0.1, -0.05) is 6.58 Å². The largest absolute Gasteiger partial charge is 0.366 e. The summed E-state index contributed by atoms with van der Waals surface area (Å²) in [5.41, 5.74) is 9.92. The zero-order valence-electron chi connectivity index (χ0n) is 9.43. The third-order valence-electron chi connectivity index (χ3n) is 1.73. The van der Waals surface area contributed by atoms with Gasteiger partial charge in [-0.05, 0) is 33.8 Å². The summed E-state index contributed by atoms with van der Waals surface area (Å²) < 4.78 is 0. The fourth-order valence-electron chi connectivity index (χ4n) is 0. The minimum Gasteiger partial charge on any atom is -0.366 e. The second kappa shape index (κ2) is 6.81. The van der Waals surface area contributed by atoms with Gasteiger partial charge in [0.1, 0.15) is 0 Å². The van der Waals surface area contributed by atoms with Crippen molar-refractivity contribution >= 4 is 17.5 Å². The van der Waals surface area contributed by atoms with Gasteiger partial charge < -0.3 is 17.6 Å². The predicted molar refractivity (Wildman–Crippen MR) is 62.6 cm³/mol. The molecule has 0 aromatic rings. The Balaban J connectivity index is -0.000000177. The summed E-state index contributed by atoms with van der Waals surface area (Å²) in [6.07, 6.45) is 1.06. The van der Waals surface area contributed by atoms with Crippen LogP contribution in [-0.2, 0) is 4.79 Å². The highest BCUT2D eigenvalue weighted by molar-refractivity contribution is 6.24. The third kappa shape index (κ3) is 11.4. The van der Waals surface area contributed by atoms with Crippen LogP contribution in [0.1, 0.15) is 27.7 Å². The molecular formula is C9H22ClN3O. The average Bonchev–Trinajstić information content (AvgIpc) is 1.84. The van der Waals surface area contributed by atoms with Gasteiger partial charge in [0.2, 0.25) is 5.91 Å². The number of carbonyl (C=O) groups excluding carboxylic acids is 1. The summed E-state index contributed by atoms with van der Waals surface area (Å²) in [5.74, 6) is -0.481. The maximum absolute atomic E-state index is 9.47. The highest BCUT2D eigenvalue weighted by Crippen LogP contribution is 2.24. The zero-order chi connectivity index (χ0) is 11.3. The van der Waals surface area contributed by atoms with Crippen LogP contribution in [0.2, 0.25) is 0 Å². The average molecular weight is 224 g/mol. The van der Waals surface area contributed by atoms with Crippen molar-refractivity contribution < 1.29 is 4.79 Å². The Bertz CT molecular complexity index is 167. The standard InChI is InChI=1S/C6H14ClN.C3H5NO.H3N/c1-5(2,7)6(3,4)8;1-2-3(4)5;/h8H2,1-4H3;2H,1H2,(H2,4,5);1H3. The molecule has 0 saturated carbocycles. The lowest BCUT2D eigenvalue weighted by atomic mass is 9.91. The lowest BCUT2D eigenvalue weighted by molar-refractivity contribution is -0.113. The molecule has 0 bridgehead atoms. The van der Waals surface area contributed by atoms with Crippen molar-refractivity contribution in [3.8, 4) is 0 Å². The molecule has 0 aromatic carbocycles. The Morgan fingerprint density at radius 2 is 1.50 bits per heavy atom. The predicted octanol–water partition coefficient (Wildman–Crippen LogP) is 1.56. The minimum atomic E-state index is -0.481. The van der Waals surface area contributed by atoms with Gasteiger partial charge in [-0.15, -0.1) is 11.6 Å². The number of halogens is 1. The Morgan fingerprint density at radius 3 is 1.50 bits per heavy atom. The monoisotopic (exact) mass is 223 g/mol. The molecule has 4 nitrogen and oxygen atoms in total. The third-order valence-corrected chi connectivity index (χ3v) is 2.22. The molecule has 14 heavy (non-hydrogen) atoms. The number of hydrogen-bond donors (Lipinski definition) is 3. The van der Waals surface area contributed by atoms with E-state index in [-0.39, 0.29) is 16.6 Å². The molecule has 0 aromatic heterocycles. The summed E-state index contributed by atoms with van der Waals surface area (Å²) in [6.45, 7) is 10.7. The fraction of sp³-hybridized carbons (Fsp3) is 0.667. The van der Waals surface area contributed by atoms with Crippen molar-refractivity contribution in [2.45, 2.75) is 38.1 Å². The molecule has 7 N–H and O–H groups in total. The van der Waals surface area contributed by atoms with Crippen LogP contribution in [0.15, 0.2) is 12.7 Å². The van der Waals surface area contributed by atoms with Gasteiger partial charge in [-0.25, -0.2) is 0 Å². The van der Waals surface area contributed by atoms with Crippen LogP contribution >= 0.6 is 11.6 Å². The topological polar surface area (TPSA) is 104 Å². The molecule has 0 spiro atoms. The number of carbonyl (C=O) groups is 1. The summed E-state index contributed by atoms with van der Waals surface area (Å²) in [4.78, 5) is 9.16. The molecule has 5 heteroatoms. The first-order valence-corrected chi connectivity index (χ1v) is 4.30. The van der Waals surface area contributed by atoms with E-state index in [1.54, 1.807) is 0 Å². The second-order valence-electron chi connectivity index (χ2n) is 3.80. The number of nitrogens with two attached hydrogens (primary N) is 2. The fourth-order valence-corrected chi connectivity index (χ4v) is 0. The Labute approximate surface area is 91.3 Å². The molecule has 86 valence electrons. The van der Waals surface area contributed by atoms with Crippen LogP contribution in [0.3, 0.4) is 0 Å². The molecule has 0 heterocycles. The van der Waals surface area contributed by atoms with E-state index in [1.165, 1.54) is 0 Å². The van der Waals surface area contributed by atoms with Crippen molar-refractivity contribution in [3.63, 3.8) is 0 Å². The Morgan fingerprint density at radius 1 is 1.36 bits per heavy atom.